The molecule has 0 fully saturated rings. The normalized spacial score (nSPS) is 14.0. The maximum Gasteiger partial charge on any atom is 0.326 e. The van der Waals surface area contributed by atoms with Gasteiger partial charge in [-0.2, -0.15) is 0 Å². The molecule has 0 unspecified atom stereocenters. The van der Waals surface area contributed by atoms with E-state index in [9.17, 15) is 27.9 Å². The third-order valence-electron chi connectivity index (χ3n) is 6.60. The van der Waals surface area contributed by atoms with E-state index in [2.05, 4.69) is 5.32 Å². The second kappa shape index (κ2) is 10.9. The maximum atomic E-state index is 13.4. The van der Waals surface area contributed by atoms with Crippen molar-refractivity contribution in [2.24, 2.45) is 0 Å². The quantitative estimate of drug-likeness (QED) is 0.293. The molecule has 9 nitrogen and oxygen atoms in total. The van der Waals surface area contributed by atoms with Crippen molar-refractivity contribution in [3.8, 4) is 0 Å². The van der Waals surface area contributed by atoms with E-state index in [1.54, 1.807) is 35.4 Å². The fraction of sp³-hybridized carbons (Fsp3) is 0.179. The number of hydrogen-bond donors (Lipinski definition) is 2. The Labute approximate surface area is 239 Å². The molecule has 1 atom stereocenters. The smallest absolute Gasteiger partial charge is 0.326 e. The Kier molecular flexibility index (Phi) is 7.54. The zero-order valence-electron chi connectivity index (χ0n) is 21.2. The van der Waals surface area contributed by atoms with E-state index in [0.717, 1.165) is 22.2 Å². The highest BCUT2D eigenvalue weighted by Gasteiger charge is 2.28. The van der Waals surface area contributed by atoms with Gasteiger partial charge in [-0.15, -0.1) is 11.3 Å². The van der Waals surface area contributed by atoms with E-state index in [-0.39, 0.29) is 34.5 Å². The maximum absolute atomic E-state index is 13.4. The second-order valence-corrected chi connectivity index (χ2v) is 12.9. The van der Waals surface area contributed by atoms with Crippen molar-refractivity contribution in [1.29, 1.82) is 0 Å². The highest BCUT2D eigenvalue weighted by atomic mass is 35.5. The number of nitrogens with zero attached hydrogens (tertiary/aromatic N) is 2. The number of nitrogens with one attached hydrogen (secondary N) is 1. The number of carboxylic acid groups (broad SMARTS) is 1. The van der Waals surface area contributed by atoms with Gasteiger partial charge in [0.15, 0.2) is 9.84 Å². The molecule has 0 aliphatic carbocycles. The lowest BCUT2D eigenvalue weighted by Gasteiger charge is -2.29. The topological polar surface area (TPSA) is 126 Å². The molecule has 2 aromatic heterocycles. The van der Waals surface area contributed by atoms with Gasteiger partial charge in [0.25, 0.3) is 5.91 Å². The highest BCUT2D eigenvalue weighted by Crippen LogP contribution is 2.34. The van der Waals surface area contributed by atoms with Gasteiger partial charge >= 0.3 is 5.97 Å². The third-order valence-corrected chi connectivity index (χ3v) is 8.85. The van der Waals surface area contributed by atoms with Crippen LogP contribution in [0.15, 0.2) is 71.1 Å². The van der Waals surface area contributed by atoms with Gasteiger partial charge in [-0.05, 0) is 52.9 Å². The molecule has 3 heterocycles. The summed E-state index contributed by atoms with van der Waals surface area (Å²) < 4.78 is 25.7. The predicted molar refractivity (Wildman–Crippen MR) is 153 cm³/mol. The number of thiophene rings is 1. The van der Waals surface area contributed by atoms with E-state index in [1.807, 2.05) is 22.1 Å². The number of benzene rings is 2. The van der Waals surface area contributed by atoms with Crippen molar-refractivity contribution < 1.29 is 27.9 Å². The van der Waals surface area contributed by atoms with Crippen LogP contribution in [0.4, 0.5) is 0 Å². The Morgan fingerprint density at radius 1 is 1.18 bits per heavy atom. The molecular weight excluding hydrogens is 574 g/mol. The molecule has 40 heavy (non-hydrogen) atoms. The number of aromatic nitrogens is 1. The SMILES string of the molecule is CS(=O)(=O)c1cccc(C[C@H](NC(=O)c2c(Cl)cc3c4c2ccn4CN(C(=O)/C=C/c2cccs2)C3)C(=O)O)c1. The molecule has 0 bridgehead atoms. The molecule has 5 rings (SSSR count). The lowest BCUT2D eigenvalue weighted by Crippen LogP contribution is -2.42. The van der Waals surface area contributed by atoms with Crippen LogP contribution in [0.2, 0.25) is 5.02 Å². The lowest BCUT2D eigenvalue weighted by atomic mass is 10.0. The molecule has 2 amide bonds. The number of rotatable bonds is 8. The standard InChI is InChI=1S/C28H24ClN3O6S2/c1-40(37,38)20-6-2-4-17(12-20)13-23(28(35)36)30-27(34)25-21-9-10-31-16-32(15-18(26(21)31)14-22(25)29)24(33)8-7-19-5-3-11-39-19/h2-12,14,23H,13,15-16H2,1H3,(H,30,34)(H,35,36)/b8-7+/t23-/m0/s1. The fourth-order valence-electron chi connectivity index (χ4n) is 4.72. The second-order valence-electron chi connectivity index (χ2n) is 9.45. The van der Waals surface area contributed by atoms with E-state index >= 15 is 0 Å². The van der Waals surface area contributed by atoms with Crippen LogP contribution < -0.4 is 5.32 Å². The van der Waals surface area contributed by atoms with Gasteiger partial charge in [-0.3, -0.25) is 9.59 Å². The van der Waals surface area contributed by atoms with Crippen LogP contribution in [-0.2, 0) is 39.1 Å². The van der Waals surface area contributed by atoms with Gasteiger partial charge in [0, 0.05) is 41.8 Å². The molecule has 0 spiro atoms. The van der Waals surface area contributed by atoms with Crippen molar-refractivity contribution in [3.63, 3.8) is 0 Å². The fourth-order valence-corrected chi connectivity index (χ4v) is 6.35. The van der Waals surface area contributed by atoms with Crippen molar-refractivity contribution in [1.82, 2.24) is 14.8 Å². The summed E-state index contributed by atoms with van der Waals surface area (Å²) in [6.45, 7) is 0.575. The molecule has 1 aliphatic heterocycles. The van der Waals surface area contributed by atoms with Gasteiger partial charge < -0.3 is 19.9 Å². The first-order valence-corrected chi connectivity index (χ1v) is 15.3. The minimum Gasteiger partial charge on any atom is -0.480 e. The van der Waals surface area contributed by atoms with E-state index in [0.29, 0.717) is 17.5 Å². The molecule has 12 heteroatoms. The van der Waals surface area contributed by atoms with Crippen molar-refractivity contribution in [2.75, 3.05) is 6.26 Å². The Hall–Kier alpha value is -3.93. The highest BCUT2D eigenvalue weighted by molar-refractivity contribution is 7.90. The molecule has 1 aliphatic rings. The number of carboxylic acids is 1. The molecule has 206 valence electrons. The first kappa shape index (κ1) is 27.6. The summed E-state index contributed by atoms with van der Waals surface area (Å²) >= 11 is 8.10. The molecule has 0 radical (unpaired) electrons. The summed E-state index contributed by atoms with van der Waals surface area (Å²) in [4.78, 5) is 41.0. The van der Waals surface area contributed by atoms with Crippen LogP contribution in [0.25, 0.3) is 17.0 Å². The molecule has 0 saturated heterocycles. The average Bonchev–Trinajstić information content (AvgIpc) is 3.57. The van der Waals surface area contributed by atoms with Crippen molar-refractivity contribution in [2.45, 2.75) is 30.6 Å². The van der Waals surface area contributed by atoms with E-state index < -0.39 is 27.8 Å². The number of amides is 2. The van der Waals surface area contributed by atoms with Gasteiger partial charge in [0.1, 0.15) is 6.04 Å². The number of sulfone groups is 1. The van der Waals surface area contributed by atoms with Crippen LogP contribution in [0.1, 0.15) is 26.4 Å². The van der Waals surface area contributed by atoms with Crippen LogP contribution in [0, 0.1) is 0 Å². The Morgan fingerprint density at radius 2 is 1.98 bits per heavy atom. The van der Waals surface area contributed by atoms with Crippen LogP contribution in [0.3, 0.4) is 0 Å². The summed E-state index contributed by atoms with van der Waals surface area (Å²) in [5.74, 6) is -2.10. The zero-order chi connectivity index (χ0) is 28.6. The van der Waals surface area contributed by atoms with Gasteiger partial charge in [-0.25, -0.2) is 13.2 Å². The number of hydrogen-bond acceptors (Lipinski definition) is 6. The summed E-state index contributed by atoms with van der Waals surface area (Å²) in [6, 6.07) is 11.8. The third kappa shape index (κ3) is 5.67. The van der Waals surface area contributed by atoms with Crippen LogP contribution >= 0.6 is 22.9 Å². The van der Waals surface area contributed by atoms with Crippen molar-refractivity contribution in [3.05, 3.63) is 92.8 Å². The minimum atomic E-state index is -3.48. The predicted octanol–water partition coefficient (Wildman–Crippen LogP) is 4.20. The average molecular weight is 598 g/mol. The zero-order valence-corrected chi connectivity index (χ0v) is 23.6. The Morgan fingerprint density at radius 3 is 2.67 bits per heavy atom. The molecule has 2 aromatic carbocycles. The largest absolute Gasteiger partial charge is 0.480 e. The van der Waals surface area contributed by atoms with E-state index in [1.165, 1.54) is 35.6 Å². The van der Waals surface area contributed by atoms with Gasteiger partial charge in [0.2, 0.25) is 5.91 Å². The number of carbonyl (C=O) groups is 3. The van der Waals surface area contributed by atoms with Crippen LogP contribution in [-0.4, -0.2) is 53.1 Å². The number of halogens is 1. The molecular formula is C28H24ClN3O6S2. The Bertz CT molecular complexity index is 1780. The van der Waals surface area contributed by atoms with Crippen molar-refractivity contribution >= 4 is 67.5 Å². The summed E-state index contributed by atoms with van der Waals surface area (Å²) in [5, 5.41) is 15.0. The Balaban J connectivity index is 1.38. The molecule has 4 aromatic rings. The number of carbonyl (C=O) groups excluding carboxylic acids is 2. The van der Waals surface area contributed by atoms with Crippen LogP contribution in [0.5, 0.6) is 0 Å². The molecule has 0 saturated carbocycles. The summed E-state index contributed by atoms with van der Waals surface area (Å²) in [6.07, 6.45) is 6.00. The van der Waals surface area contributed by atoms with E-state index in [4.69, 9.17) is 11.6 Å². The monoisotopic (exact) mass is 597 g/mol. The lowest BCUT2D eigenvalue weighted by molar-refractivity contribution is -0.139. The van der Waals surface area contributed by atoms with Gasteiger partial charge in [0.05, 0.1) is 27.7 Å². The first-order valence-electron chi connectivity index (χ1n) is 12.1. The van der Waals surface area contributed by atoms with Gasteiger partial charge in [-0.1, -0.05) is 29.8 Å². The first-order chi connectivity index (χ1) is 19.0. The minimum absolute atomic E-state index is 0.0612. The summed E-state index contributed by atoms with van der Waals surface area (Å²) in [5.41, 5.74) is 2.08. The summed E-state index contributed by atoms with van der Waals surface area (Å²) in [7, 11) is -3.48. The number of aliphatic carboxylic acids is 1. The molecule has 2 N–H and O–H groups in total.